The first-order valence-electron chi connectivity index (χ1n) is 8.63. The summed E-state index contributed by atoms with van der Waals surface area (Å²) in [6.07, 6.45) is 0.641. The smallest absolute Gasteiger partial charge is 0.343 e. The minimum absolute atomic E-state index is 0.0118. The third kappa shape index (κ3) is 3.36. The van der Waals surface area contributed by atoms with E-state index in [1.165, 1.54) is 52.8 Å². The number of fused-ring (bicyclic) bond motifs is 1. The summed E-state index contributed by atoms with van der Waals surface area (Å²) >= 11 is 0. The third-order valence-electron chi connectivity index (χ3n) is 4.53. The lowest BCUT2D eigenvalue weighted by atomic mass is 10.2. The Hall–Kier alpha value is -3.19. The number of anilines is 1. The molecule has 1 aliphatic heterocycles. The standard InChI is InChI=1S/C21H16FNO4S/c22-17-8-10-18(11-9-17)27-21(24)16-5-3-6-19(14-16)28(25,26)23-13-12-15-4-1-2-7-20(15)23/h1-11,14H,12-13H2. The molecule has 4 rings (SSSR count). The van der Waals surface area contributed by atoms with Crippen LogP contribution < -0.4 is 9.04 Å². The molecule has 0 saturated carbocycles. The Bertz CT molecular complexity index is 1140. The van der Waals surface area contributed by atoms with Gasteiger partial charge in [-0.1, -0.05) is 24.3 Å². The van der Waals surface area contributed by atoms with Crippen LogP contribution in [0.4, 0.5) is 10.1 Å². The number of hydrogen-bond donors (Lipinski definition) is 0. The summed E-state index contributed by atoms with van der Waals surface area (Å²) < 4.78 is 45.7. The minimum atomic E-state index is -3.81. The summed E-state index contributed by atoms with van der Waals surface area (Å²) in [4.78, 5) is 12.4. The highest BCUT2D eigenvalue weighted by Gasteiger charge is 2.31. The van der Waals surface area contributed by atoms with E-state index in [1.54, 1.807) is 12.1 Å². The summed E-state index contributed by atoms with van der Waals surface area (Å²) in [5, 5.41) is 0. The van der Waals surface area contributed by atoms with Crippen LogP contribution in [0.25, 0.3) is 0 Å². The zero-order chi connectivity index (χ0) is 19.7. The lowest BCUT2D eigenvalue weighted by molar-refractivity contribution is 0.0734. The average Bonchev–Trinajstić information content (AvgIpc) is 3.15. The Balaban J connectivity index is 1.61. The van der Waals surface area contributed by atoms with Crippen molar-refractivity contribution in [1.82, 2.24) is 0 Å². The molecule has 0 radical (unpaired) electrons. The molecule has 142 valence electrons. The molecule has 0 aromatic heterocycles. The van der Waals surface area contributed by atoms with E-state index in [1.807, 2.05) is 12.1 Å². The highest BCUT2D eigenvalue weighted by molar-refractivity contribution is 7.92. The van der Waals surface area contributed by atoms with Crippen LogP contribution in [-0.4, -0.2) is 20.9 Å². The van der Waals surface area contributed by atoms with Gasteiger partial charge in [0, 0.05) is 6.54 Å². The summed E-state index contributed by atoms with van der Waals surface area (Å²) in [7, 11) is -3.81. The molecule has 5 nitrogen and oxygen atoms in total. The van der Waals surface area contributed by atoms with Crippen LogP contribution in [0.3, 0.4) is 0 Å². The van der Waals surface area contributed by atoms with Crippen molar-refractivity contribution in [1.29, 1.82) is 0 Å². The molecular formula is C21H16FNO4S. The molecule has 7 heteroatoms. The summed E-state index contributed by atoms with van der Waals surface area (Å²) in [6, 6.07) is 18.1. The SMILES string of the molecule is O=C(Oc1ccc(F)cc1)c1cccc(S(=O)(=O)N2CCc3ccccc32)c1. The summed E-state index contributed by atoms with van der Waals surface area (Å²) in [5.74, 6) is -0.989. The van der Waals surface area contributed by atoms with Crippen LogP contribution in [0.5, 0.6) is 5.75 Å². The summed E-state index contributed by atoms with van der Waals surface area (Å²) in [5.41, 5.74) is 1.72. The lowest BCUT2D eigenvalue weighted by Crippen LogP contribution is -2.29. The van der Waals surface area contributed by atoms with Gasteiger partial charge in [0.05, 0.1) is 16.1 Å². The Morgan fingerprint density at radius 3 is 2.50 bits per heavy atom. The van der Waals surface area contributed by atoms with Gasteiger partial charge in [0.15, 0.2) is 0 Å². The van der Waals surface area contributed by atoms with Crippen LogP contribution in [0.15, 0.2) is 77.7 Å². The molecule has 0 bridgehead atoms. The maximum absolute atomic E-state index is 13.1. The van der Waals surface area contributed by atoms with Crippen LogP contribution in [0, 0.1) is 5.82 Å². The van der Waals surface area contributed by atoms with Gasteiger partial charge in [0.1, 0.15) is 11.6 Å². The van der Waals surface area contributed by atoms with Gasteiger partial charge in [-0.05, 0) is 60.5 Å². The molecule has 3 aromatic rings. The van der Waals surface area contributed by atoms with E-state index in [-0.39, 0.29) is 16.2 Å². The molecular weight excluding hydrogens is 381 g/mol. The van der Waals surface area contributed by atoms with Gasteiger partial charge in [-0.25, -0.2) is 17.6 Å². The van der Waals surface area contributed by atoms with Crippen molar-refractivity contribution in [2.45, 2.75) is 11.3 Å². The molecule has 1 heterocycles. The fraction of sp³-hybridized carbons (Fsp3) is 0.0952. The molecule has 0 spiro atoms. The first-order valence-corrected chi connectivity index (χ1v) is 10.1. The van der Waals surface area contributed by atoms with Crippen LogP contribution in [-0.2, 0) is 16.4 Å². The van der Waals surface area contributed by atoms with Gasteiger partial charge in [0.25, 0.3) is 10.0 Å². The highest BCUT2D eigenvalue weighted by atomic mass is 32.2. The van der Waals surface area contributed by atoms with Gasteiger partial charge in [-0.3, -0.25) is 4.31 Å². The van der Waals surface area contributed by atoms with Crippen LogP contribution >= 0.6 is 0 Å². The summed E-state index contributed by atoms with van der Waals surface area (Å²) in [6.45, 7) is 0.353. The number of halogens is 1. The Morgan fingerprint density at radius 1 is 0.964 bits per heavy atom. The van der Waals surface area contributed by atoms with E-state index < -0.39 is 21.8 Å². The average molecular weight is 397 g/mol. The molecule has 1 aliphatic rings. The third-order valence-corrected chi connectivity index (χ3v) is 6.34. The monoisotopic (exact) mass is 397 g/mol. The predicted molar refractivity (Wildman–Crippen MR) is 102 cm³/mol. The fourth-order valence-electron chi connectivity index (χ4n) is 3.14. The van der Waals surface area contributed by atoms with Crippen molar-refractivity contribution >= 4 is 21.7 Å². The Morgan fingerprint density at radius 2 is 1.71 bits per heavy atom. The zero-order valence-corrected chi connectivity index (χ0v) is 15.5. The van der Waals surface area contributed by atoms with E-state index in [2.05, 4.69) is 0 Å². The number of ether oxygens (including phenoxy) is 1. The number of para-hydroxylation sites is 1. The molecule has 0 N–H and O–H groups in total. The number of rotatable bonds is 4. The van der Waals surface area contributed by atoms with Gasteiger partial charge < -0.3 is 4.74 Å². The van der Waals surface area contributed by atoms with E-state index in [0.717, 1.165) is 5.56 Å². The Kier molecular flexibility index (Phi) is 4.60. The van der Waals surface area contributed by atoms with Crippen molar-refractivity contribution in [2.24, 2.45) is 0 Å². The maximum atomic E-state index is 13.1. The van der Waals surface area contributed by atoms with Gasteiger partial charge in [-0.2, -0.15) is 0 Å². The first-order chi connectivity index (χ1) is 13.4. The number of esters is 1. The number of nitrogens with zero attached hydrogens (tertiary/aromatic N) is 1. The molecule has 0 saturated heterocycles. The van der Waals surface area contributed by atoms with E-state index in [9.17, 15) is 17.6 Å². The molecule has 28 heavy (non-hydrogen) atoms. The van der Waals surface area contributed by atoms with Crippen molar-refractivity contribution in [3.63, 3.8) is 0 Å². The second kappa shape index (κ2) is 7.09. The van der Waals surface area contributed by atoms with Crippen molar-refractivity contribution in [3.05, 3.63) is 89.7 Å². The number of carbonyl (C=O) groups is 1. The first kappa shape index (κ1) is 18.2. The Labute approximate surface area is 162 Å². The van der Waals surface area contributed by atoms with Gasteiger partial charge in [0.2, 0.25) is 0 Å². The molecule has 0 atom stereocenters. The molecule has 0 fully saturated rings. The second-order valence-corrected chi connectivity index (χ2v) is 8.19. The largest absolute Gasteiger partial charge is 0.423 e. The normalized spacial score (nSPS) is 13.2. The molecule has 3 aromatic carbocycles. The van der Waals surface area contributed by atoms with Crippen molar-refractivity contribution in [2.75, 3.05) is 10.8 Å². The predicted octanol–water partition coefficient (Wildman–Crippen LogP) is 3.80. The maximum Gasteiger partial charge on any atom is 0.343 e. The molecule has 0 unspecified atom stereocenters. The van der Waals surface area contributed by atoms with Crippen molar-refractivity contribution < 1.29 is 22.3 Å². The van der Waals surface area contributed by atoms with E-state index in [0.29, 0.717) is 18.7 Å². The van der Waals surface area contributed by atoms with Crippen molar-refractivity contribution in [3.8, 4) is 5.75 Å². The van der Waals surface area contributed by atoms with Gasteiger partial charge >= 0.3 is 5.97 Å². The lowest BCUT2D eigenvalue weighted by Gasteiger charge is -2.19. The fourth-order valence-corrected chi connectivity index (χ4v) is 4.69. The number of carbonyl (C=O) groups excluding carboxylic acids is 1. The van der Waals surface area contributed by atoms with E-state index >= 15 is 0 Å². The van der Waals surface area contributed by atoms with Gasteiger partial charge in [-0.15, -0.1) is 0 Å². The highest BCUT2D eigenvalue weighted by Crippen LogP contribution is 2.32. The van der Waals surface area contributed by atoms with Crippen LogP contribution in [0.1, 0.15) is 15.9 Å². The second-order valence-electron chi connectivity index (χ2n) is 6.33. The quantitative estimate of drug-likeness (QED) is 0.496. The number of benzene rings is 3. The number of hydrogen-bond acceptors (Lipinski definition) is 4. The zero-order valence-electron chi connectivity index (χ0n) is 14.7. The molecule has 0 amide bonds. The minimum Gasteiger partial charge on any atom is -0.423 e. The molecule has 0 aliphatic carbocycles. The van der Waals surface area contributed by atoms with Crippen LogP contribution in [0.2, 0.25) is 0 Å². The van der Waals surface area contributed by atoms with E-state index in [4.69, 9.17) is 4.74 Å². The topological polar surface area (TPSA) is 63.7 Å². The number of sulfonamides is 1.